The highest BCUT2D eigenvalue weighted by atomic mass is 16.3. The number of fused-ring (bicyclic) bond motifs is 1. The number of furan rings is 1. The van der Waals surface area contributed by atoms with Crippen molar-refractivity contribution >= 4 is 17.6 Å². The van der Waals surface area contributed by atoms with Crippen LogP contribution in [0.4, 0.5) is 0 Å². The van der Waals surface area contributed by atoms with Crippen molar-refractivity contribution in [2.45, 2.75) is 44.6 Å². The maximum atomic E-state index is 13.3. The van der Waals surface area contributed by atoms with Gasteiger partial charge in [0, 0.05) is 52.3 Å². The third kappa shape index (κ3) is 4.72. The zero-order valence-electron chi connectivity index (χ0n) is 20.9. The highest BCUT2D eigenvalue weighted by molar-refractivity contribution is 6.09. The molecule has 5 rings (SSSR count). The number of benzene rings is 1. The van der Waals surface area contributed by atoms with Crippen LogP contribution in [0.15, 0.2) is 53.3 Å². The van der Waals surface area contributed by atoms with Crippen LogP contribution < -0.4 is 0 Å². The van der Waals surface area contributed by atoms with Crippen molar-refractivity contribution in [2.75, 3.05) is 20.1 Å². The minimum atomic E-state index is -0.133. The first-order valence-corrected chi connectivity index (χ1v) is 12.7. The predicted molar refractivity (Wildman–Crippen MR) is 134 cm³/mol. The van der Waals surface area contributed by atoms with Gasteiger partial charge >= 0.3 is 0 Å². The van der Waals surface area contributed by atoms with E-state index in [1.54, 1.807) is 24.0 Å². The zero-order chi connectivity index (χ0) is 25.2. The van der Waals surface area contributed by atoms with Crippen LogP contribution in [-0.2, 0) is 19.9 Å². The molecular formula is C28H32N4O4. The molecule has 0 N–H and O–H groups in total. The standard InChI is InChI=1S/C28H32N4O4/c1-30-14-13-22(29-30)28(35)31(2)23(17-19-7-4-3-5-8-19)20-11-15-32(16-12-20)27(34)21-18-36-25-10-6-9-24(33)26(21)25/h3-5,7-8,13-14,18,20,23H,6,9-12,15-17H2,1-2H3. The fourth-order valence-corrected chi connectivity index (χ4v) is 5.57. The van der Waals surface area contributed by atoms with Gasteiger partial charge in [0.1, 0.15) is 17.7 Å². The average molecular weight is 489 g/mol. The van der Waals surface area contributed by atoms with E-state index < -0.39 is 0 Å². The first-order chi connectivity index (χ1) is 17.4. The minimum Gasteiger partial charge on any atom is -0.468 e. The molecule has 188 valence electrons. The molecule has 1 atom stereocenters. The Morgan fingerprint density at radius 3 is 2.58 bits per heavy atom. The molecule has 1 aliphatic heterocycles. The number of piperidine rings is 1. The van der Waals surface area contributed by atoms with E-state index in [1.807, 2.05) is 35.0 Å². The van der Waals surface area contributed by atoms with Gasteiger partial charge in [-0.05, 0) is 43.2 Å². The number of amides is 2. The molecule has 1 aliphatic carbocycles. The van der Waals surface area contributed by atoms with Crippen molar-refractivity contribution in [2.24, 2.45) is 13.0 Å². The molecule has 1 fully saturated rings. The Morgan fingerprint density at radius 1 is 1.14 bits per heavy atom. The first-order valence-electron chi connectivity index (χ1n) is 12.7. The summed E-state index contributed by atoms with van der Waals surface area (Å²) in [6.07, 6.45) is 7.45. The van der Waals surface area contributed by atoms with Gasteiger partial charge in [0.05, 0.1) is 11.1 Å². The summed E-state index contributed by atoms with van der Waals surface area (Å²) >= 11 is 0. The average Bonchev–Trinajstić information content (AvgIpc) is 3.54. The van der Waals surface area contributed by atoms with Crippen LogP contribution in [-0.4, -0.2) is 63.4 Å². The summed E-state index contributed by atoms with van der Waals surface area (Å²) in [5.41, 5.74) is 2.48. The summed E-state index contributed by atoms with van der Waals surface area (Å²) in [6.45, 7) is 1.16. The van der Waals surface area contributed by atoms with E-state index in [2.05, 4.69) is 17.2 Å². The molecule has 3 heterocycles. The number of carbonyl (C=O) groups excluding carboxylic acids is 3. The van der Waals surface area contributed by atoms with E-state index in [9.17, 15) is 14.4 Å². The van der Waals surface area contributed by atoms with Gasteiger partial charge in [-0.15, -0.1) is 0 Å². The summed E-state index contributed by atoms with van der Waals surface area (Å²) in [4.78, 5) is 42.7. The molecule has 1 saturated heterocycles. The van der Waals surface area contributed by atoms with E-state index >= 15 is 0 Å². The summed E-state index contributed by atoms with van der Waals surface area (Å²) in [5, 5.41) is 4.31. The predicted octanol–water partition coefficient (Wildman–Crippen LogP) is 3.77. The first kappa shape index (κ1) is 24.0. The molecule has 2 aliphatic rings. The lowest BCUT2D eigenvalue weighted by Gasteiger charge is -2.40. The van der Waals surface area contributed by atoms with Crippen LogP contribution in [0.25, 0.3) is 0 Å². The fourth-order valence-electron chi connectivity index (χ4n) is 5.57. The molecule has 1 aromatic carbocycles. The minimum absolute atomic E-state index is 0.000759. The zero-order valence-corrected chi connectivity index (χ0v) is 20.9. The third-order valence-corrected chi connectivity index (χ3v) is 7.59. The van der Waals surface area contributed by atoms with Crippen molar-refractivity contribution < 1.29 is 18.8 Å². The van der Waals surface area contributed by atoms with Crippen molar-refractivity contribution in [3.8, 4) is 0 Å². The van der Waals surface area contributed by atoms with Gasteiger partial charge in [0.2, 0.25) is 0 Å². The Kier molecular flexibility index (Phi) is 6.76. The smallest absolute Gasteiger partial charge is 0.274 e. The molecule has 0 spiro atoms. The van der Waals surface area contributed by atoms with Gasteiger partial charge in [0.25, 0.3) is 11.8 Å². The van der Waals surface area contributed by atoms with Crippen LogP contribution >= 0.6 is 0 Å². The van der Waals surface area contributed by atoms with Crippen molar-refractivity contribution in [3.05, 3.63) is 77.0 Å². The quantitative estimate of drug-likeness (QED) is 0.527. The summed E-state index contributed by atoms with van der Waals surface area (Å²) in [7, 11) is 3.65. The van der Waals surface area contributed by atoms with Crippen molar-refractivity contribution in [3.63, 3.8) is 0 Å². The Balaban J connectivity index is 1.31. The molecule has 0 saturated carbocycles. The Hall–Kier alpha value is -3.68. The number of ketones is 1. The second-order valence-electron chi connectivity index (χ2n) is 9.90. The number of rotatable bonds is 6. The van der Waals surface area contributed by atoms with Crippen LogP contribution in [0.2, 0.25) is 0 Å². The fraction of sp³-hybridized carbons (Fsp3) is 0.429. The number of likely N-dealkylation sites (tertiary alicyclic amines) is 1. The van der Waals surface area contributed by atoms with E-state index in [0.29, 0.717) is 48.5 Å². The number of carbonyl (C=O) groups is 3. The van der Waals surface area contributed by atoms with E-state index in [4.69, 9.17) is 4.42 Å². The van der Waals surface area contributed by atoms with Crippen LogP contribution in [0.5, 0.6) is 0 Å². The van der Waals surface area contributed by atoms with Gasteiger partial charge in [-0.1, -0.05) is 30.3 Å². The van der Waals surface area contributed by atoms with Gasteiger partial charge in [-0.3, -0.25) is 19.1 Å². The number of likely N-dealkylation sites (N-methyl/N-ethyl adjacent to an activating group) is 1. The lowest BCUT2D eigenvalue weighted by molar-refractivity contribution is 0.0517. The maximum absolute atomic E-state index is 13.3. The lowest BCUT2D eigenvalue weighted by Crippen LogP contribution is -2.48. The summed E-state index contributed by atoms with van der Waals surface area (Å²) < 4.78 is 7.21. The lowest BCUT2D eigenvalue weighted by atomic mass is 9.84. The SMILES string of the molecule is CN(C(=O)c1ccn(C)n1)C(Cc1ccccc1)C1CCN(C(=O)c2coc3c2C(=O)CCC3)CC1. The second kappa shape index (κ2) is 10.1. The highest BCUT2D eigenvalue weighted by Gasteiger charge is 2.36. The number of hydrogen-bond donors (Lipinski definition) is 0. The Morgan fingerprint density at radius 2 is 1.89 bits per heavy atom. The molecule has 8 nitrogen and oxygen atoms in total. The Labute approximate surface area is 210 Å². The molecule has 3 aromatic rings. The van der Waals surface area contributed by atoms with Crippen LogP contribution in [0.1, 0.15) is 68.2 Å². The topological polar surface area (TPSA) is 88.7 Å². The molecule has 1 unspecified atom stereocenters. The number of aryl methyl sites for hydroxylation is 2. The van der Waals surface area contributed by atoms with Crippen LogP contribution in [0.3, 0.4) is 0 Å². The number of Topliss-reactive ketones (excluding diaryl/α,β-unsaturated/α-hetero) is 1. The summed E-state index contributed by atoms with van der Waals surface area (Å²) in [6, 6.07) is 11.9. The van der Waals surface area contributed by atoms with E-state index in [-0.39, 0.29) is 29.6 Å². The highest BCUT2D eigenvalue weighted by Crippen LogP contribution is 2.31. The molecule has 2 amide bonds. The number of nitrogens with zero attached hydrogens (tertiary/aromatic N) is 4. The molecule has 2 aromatic heterocycles. The monoisotopic (exact) mass is 488 g/mol. The maximum Gasteiger partial charge on any atom is 0.274 e. The third-order valence-electron chi connectivity index (χ3n) is 7.59. The van der Waals surface area contributed by atoms with Gasteiger partial charge in [0.15, 0.2) is 5.78 Å². The number of hydrogen-bond acceptors (Lipinski definition) is 5. The van der Waals surface area contributed by atoms with Gasteiger partial charge in [-0.2, -0.15) is 5.10 Å². The summed E-state index contributed by atoms with van der Waals surface area (Å²) in [5.74, 6) is 0.638. The number of aromatic nitrogens is 2. The molecule has 0 radical (unpaired) electrons. The van der Waals surface area contributed by atoms with Crippen molar-refractivity contribution in [1.29, 1.82) is 0 Å². The van der Waals surface area contributed by atoms with Crippen LogP contribution in [0, 0.1) is 5.92 Å². The van der Waals surface area contributed by atoms with Gasteiger partial charge < -0.3 is 14.2 Å². The molecule has 8 heteroatoms. The normalized spacial score (nSPS) is 17.1. The molecular weight excluding hydrogens is 456 g/mol. The van der Waals surface area contributed by atoms with Crippen molar-refractivity contribution in [1.82, 2.24) is 19.6 Å². The second-order valence-corrected chi connectivity index (χ2v) is 9.90. The van der Waals surface area contributed by atoms with Gasteiger partial charge in [-0.25, -0.2) is 0 Å². The Bertz CT molecular complexity index is 1250. The largest absolute Gasteiger partial charge is 0.468 e. The van der Waals surface area contributed by atoms with E-state index in [0.717, 1.165) is 25.7 Å². The molecule has 36 heavy (non-hydrogen) atoms. The molecule has 0 bridgehead atoms. The van der Waals surface area contributed by atoms with E-state index in [1.165, 1.54) is 11.8 Å².